The maximum atomic E-state index is 10.4. The van der Waals surface area contributed by atoms with Crippen molar-refractivity contribution in [2.75, 3.05) is 6.54 Å². The number of carbonyl (C=O) groups is 1. The number of carboxylic acid groups (broad SMARTS) is 1. The molecule has 0 radical (unpaired) electrons. The van der Waals surface area contributed by atoms with Crippen LogP contribution in [0, 0.1) is 6.92 Å². The Hall–Kier alpha value is -1.84. The molecule has 90 valence electrons. The van der Waals surface area contributed by atoms with Crippen molar-refractivity contribution in [2.45, 2.75) is 25.9 Å². The van der Waals surface area contributed by atoms with Crippen LogP contribution in [-0.4, -0.2) is 23.5 Å². The maximum absolute atomic E-state index is 10.4. The Balaban J connectivity index is 1.91. The van der Waals surface area contributed by atoms with E-state index in [9.17, 15) is 4.79 Å². The van der Waals surface area contributed by atoms with Crippen LogP contribution in [0.3, 0.4) is 0 Å². The average Bonchev–Trinajstić information content (AvgIpc) is 2.76. The summed E-state index contributed by atoms with van der Waals surface area (Å²) in [5.74, 6) is -0.270. The predicted octanol–water partition coefficient (Wildman–Crippen LogP) is 2.33. The molecule has 1 heterocycles. The van der Waals surface area contributed by atoms with Gasteiger partial charge in [-0.15, -0.1) is 0 Å². The summed E-state index contributed by atoms with van der Waals surface area (Å²) in [6.45, 7) is 2.62. The van der Waals surface area contributed by atoms with Crippen LogP contribution >= 0.6 is 0 Å². The van der Waals surface area contributed by atoms with Crippen molar-refractivity contribution in [3.8, 4) is 0 Å². The minimum absolute atomic E-state index is 0.0561. The molecule has 1 aromatic rings. The summed E-state index contributed by atoms with van der Waals surface area (Å²) in [6, 6.07) is 8.12. The highest BCUT2D eigenvalue weighted by atomic mass is 16.5. The van der Waals surface area contributed by atoms with Crippen molar-refractivity contribution >= 4 is 11.9 Å². The van der Waals surface area contributed by atoms with Crippen molar-refractivity contribution in [3.05, 3.63) is 35.4 Å². The Morgan fingerprint density at radius 3 is 2.82 bits per heavy atom. The van der Waals surface area contributed by atoms with Gasteiger partial charge in [0.1, 0.15) is 6.10 Å². The number of rotatable bonds is 4. The third-order valence-electron chi connectivity index (χ3n) is 2.71. The van der Waals surface area contributed by atoms with Crippen LogP contribution in [0.1, 0.15) is 30.1 Å². The van der Waals surface area contributed by atoms with E-state index in [2.05, 4.69) is 4.99 Å². The van der Waals surface area contributed by atoms with Crippen LogP contribution in [0.25, 0.3) is 0 Å². The molecule has 4 nitrogen and oxygen atoms in total. The number of ether oxygens (including phenoxy) is 1. The molecule has 1 N–H and O–H groups in total. The lowest BCUT2D eigenvalue weighted by molar-refractivity contribution is -0.136. The number of aryl methyl sites for hydroxylation is 1. The van der Waals surface area contributed by atoms with Crippen LogP contribution in [-0.2, 0) is 9.53 Å². The molecule has 1 aliphatic heterocycles. The molecule has 0 bridgehead atoms. The van der Waals surface area contributed by atoms with Gasteiger partial charge < -0.3 is 9.84 Å². The summed E-state index contributed by atoms with van der Waals surface area (Å²) in [5.41, 5.74) is 2.29. The minimum Gasteiger partial charge on any atom is -0.481 e. The zero-order valence-corrected chi connectivity index (χ0v) is 9.72. The molecule has 0 aliphatic carbocycles. The second kappa shape index (κ2) is 4.99. The Morgan fingerprint density at radius 1 is 1.47 bits per heavy atom. The fourth-order valence-corrected chi connectivity index (χ4v) is 1.73. The zero-order chi connectivity index (χ0) is 12.3. The minimum atomic E-state index is -0.824. The SMILES string of the molecule is Cc1ccc(C2CN=C(CCC(=O)O)O2)cc1. The molecule has 17 heavy (non-hydrogen) atoms. The Bertz CT molecular complexity index is 436. The van der Waals surface area contributed by atoms with E-state index in [1.165, 1.54) is 5.56 Å². The van der Waals surface area contributed by atoms with E-state index in [4.69, 9.17) is 9.84 Å². The first-order valence-corrected chi connectivity index (χ1v) is 5.63. The fraction of sp³-hybridized carbons (Fsp3) is 0.385. The van der Waals surface area contributed by atoms with Gasteiger partial charge in [-0.3, -0.25) is 9.79 Å². The Morgan fingerprint density at radius 2 is 2.18 bits per heavy atom. The highest BCUT2D eigenvalue weighted by molar-refractivity contribution is 5.81. The molecular weight excluding hydrogens is 218 g/mol. The molecule has 4 heteroatoms. The standard InChI is InChI=1S/C13H15NO3/c1-9-2-4-10(5-3-9)11-8-14-12(17-11)6-7-13(15)16/h2-5,11H,6-8H2,1H3,(H,15,16). The lowest BCUT2D eigenvalue weighted by atomic mass is 10.1. The number of aliphatic imine (C=N–C) groups is 1. The van der Waals surface area contributed by atoms with Gasteiger partial charge in [0.25, 0.3) is 0 Å². The van der Waals surface area contributed by atoms with E-state index in [0.717, 1.165) is 5.56 Å². The van der Waals surface area contributed by atoms with Gasteiger partial charge in [0.05, 0.1) is 13.0 Å². The molecule has 0 aromatic heterocycles. The molecule has 0 saturated heterocycles. The summed E-state index contributed by atoms with van der Waals surface area (Å²) < 4.78 is 5.62. The van der Waals surface area contributed by atoms with Gasteiger partial charge in [0, 0.05) is 6.42 Å². The smallest absolute Gasteiger partial charge is 0.303 e. The van der Waals surface area contributed by atoms with Crippen molar-refractivity contribution in [3.63, 3.8) is 0 Å². The fourth-order valence-electron chi connectivity index (χ4n) is 1.73. The molecular formula is C13H15NO3. The molecule has 1 atom stereocenters. The number of aliphatic carboxylic acids is 1. The van der Waals surface area contributed by atoms with Gasteiger partial charge in [0.2, 0.25) is 0 Å². The maximum Gasteiger partial charge on any atom is 0.303 e. The quantitative estimate of drug-likeness (QED) is 0.868. The molecule has 1 unspecified atom stereocenters. The lowest BCUT2D eigenvalue weighted by Gasteiger charge is -2.11. The lowest BCUT2D eigenvalue weighted by Crippen LogP contribution is -2.07. The topological polar surface area (TPSA) is 58.9 Å². The van der Waals surface area contributed by atoms with Gasteiger partial charge in [-0.05, 0) is 12.5 Å². The van der Waals surface area contributed by atoms with Gasteiger partial charge in [-0.2, -0.15) is 0 Å². The van der Waals surface area contributed by atoms with Crippen molar-refractivity contribution in [1.82, 2.24) is 0 Å². The van der Waals surface area contributed by atoms with E-state index >= 15 is 0 Å². The number of benzene rings is 1. The second-order valence-corrected chi connectivity index (χ2v) is 4.15. The second-order valence-electron chi connectivity index (χ2n) is 4.15. The first kappa shape index (κ1) is 11.6. The summed E-state index contributed by atoms with van der Waals surface area (Å²) in [7, 11) is 0. The zero-order valence-electron chi connectivity index (χ0n) is 9.72. The number of hydrogen-bond donors (Lipinski definition) is 1. The van der Waals surface area contributed by atoms with Gasteiger partial charge in [-0.1, -0.05) is 29.8 Å². The van der Waals surface area contributed by atoms with E-state index < -0.39 is 5.97 Å². The number of nitrogens with zero attached hydrogens (tertiary/aromatic N) is 1. The molecule has 1 aliphatic rings. The molecule has 2 rings (SSSR count). The van der Waals surface area contributed by atoms with E-state index in [1.54, 1.807) is 0 Å². The van der Waals surface area contributed by atoms with Crippen molar-refractivity contribution in [1.29, 1.82) is 0 Å². The van der Waals surface area contributed by atoms with E-state index in [0.29, 0.717) is 18.9 Å². The predicted molar refractivity (Wildman–Crippen MR) is 64.2 cm³/mol. The largest absolute Gasteiger partial charge is 0.481 e. The molecule has 0 fully saturated rings. The summed E-state index contributed by atoms with van der Waals surface area (Å²) in [6.07, 6.45) is 0.385. The molecule has 0 amide bonds. The van der Waals surface area contributed by atoms with Crippen molar-refractivity contribution in [2.24, 2.45) is 4.99 Å². The summed E-state index contributed by atoms with van der Waals surface area (Å²) in [4.78, 5) is 14.7. The average molecular weight is 233 g/mol. The molecule has 1 aromatic carbocycles. The Labute approximate surface area is 99.9 Å². The van der Waals surface area contributed by atoms with Crippen LogP contribution in [0.15, 0.2) is 29.3 Å². The van der Waals surface area contributed by atoms with Gasteiger partial charge >= 0.3 is 5.97 Å². The van der Waals surface area contributed by atoms with Crippen LogP contribution in [0.4, 0.5) is 0 Å². The van der Waals surface area contributed by atoms with Crippen molar-refractivity contribution < 1.29 is 14.6 Å². The number of carboxylic acids is 1. The Kier molecular flexibility index (Phi) is 3.42. The number of hydrogen-bond acceptors (Lipinski definition) is 3. The highest BCUT2D eigenvalue weighted by Gasteiger charge is 2.21. The molecule has 0 spiro atoms. The first-order chi connectivity index (χ1) is 8.15. The highest BCUT2D eigenvalue weighted by Crippen LogP contribution is 2.24. The van der Waals surface area contributed by atoms with Crippen LogP contribution < -0.4 is 0 Å². The third kappa shape index (κ3) is 3.06. The van der Waals surface area contributed by atoms with Crippen LogP contribution in [0.2, 0.25) is 0 Å². The third-order valence-corrected chi connectivity index (χ3v) is 2.71. The molecule has 0 saturated carbocycles. The first-order valence-electron chi connectivity index (χ1n) is 5.63. The van der Waals surface area contributed by atoms with Gasteiger partial charge in [0.15, 0.2) is 5.90 Å². The normalized spacial score (nSPS) is 18.6. The monoisotopic (exact) mass is 233 g/mol. The van der Waals surface area contributed by atoms with E-state index in [-0.39, 0.29) is 12.5 Å². The summed E-state index contributed by atoms with van der Waals surface area (Å²) in [5, 5.41) is 8.58. The van der Waals surface area contributed by atoms with Crippen LogP contribution in [0.5, 0.6) is 0 Å². The van der Waals surface area contributed by atoms with Gasteiger partial charge in [-0.25, -0.2) is 0 Å². The summed E-state index contributed by atoms with van der Waals surface area (Å²) >= 11 is 0. The van der Waals surface area contributed by atoms with E-state index in [1.807, 2.05) is 31.2 Å².